The van der Waals surface area contributed by atoms with Crippen molar-refractivity contribution < 1.29 is 4.42 Å². The molecule has 0 amide bonds. The van der Waals surface area contributed by atoms with Crippen molar-refractivity contribution in [2.24, 2.45) is 0 Å². The molecule has 1 unspecified atom stereocenters. The Bertz CT molecular complexity index is 2850. The van der Waals surface area contributed by atoms with Gasteiger partial charge in [0, 0.05) is 33.0 Å². The third-order valence-electron chi connectivity index (χ3n) is 10.8. The molecule has 2 aliphatic carbocycles. The Labute approximate surface area is 300 Å². The van der Waals surface area contributed by atoms with Gasteiger partial charge in [-0.2, -0.15) is 0 Å². The number of hydrogen-bond acceptors (Lipinski definition) is 4. The molecule has 0 saturated heterocycles. The molecule has 7 aromatic carbocycles. The first-order valence-corrected chi connectivity index (χ1v) is 17.6. The van der Waals surface area contributed by atoms with Crippen molar-refractivity contribution in [2.75, 3.05) is 0 Å². The lowest BCUT2D eigenvalue weighted by Gasteiger charge is -2.35. The van der Waals surface area contributed by atoms with Crippen LogP contribution in [0.15, 0.2) is 168 Å². The first kappa shape index (κ1) is 28.9. The minimum Gasteiger partial charge on any atom is -0.455 e. The van der Waals surface area contributed by atoms with Crippen molar-refractivity contribution >= 4 is 34.1 Å². The van der Waals surface area contributed by atoms with E-state index >= 15 is 0 Å². The summed E-state index contributed by atoms with van der Waals surface area (Å²) in [6, 6.07) is 57.6. The Kier molecular flexibility index (Phi) is 6.13. The quantitative estimate of drug-likeness (QED) is 0.189. The highest BCUT2D eigenvalue weighted by Gasteiger charge is 2.49. The summed E-state index contributed by atoms with van der Waals surface area (Å²) in [6.45, 7) is 0. The SMILES string of the molecule is C1=Cc2ccc(-c3nc(-c4ccccc4)nc(-c4ccccc4)n3)cc2C2(c3ccccc31)c1ccccc1-c1c2ccc2c1oc1ccccc12. The van der Waals surface area contributed by atoms with E-state index in [1.165, 1.54) is 33.4 Å². The van der Waals surface area contributed by atoms with Crippen molar-refractivity contribution in [3.63, 3.8) is 0 Å². The van der Waals surface area contributed by atoms with Crippen LogP contribution in [0.4, 0.5) is 0 Å². The maximum absolute atomic E-state index is 6.75. The summed E-state index contributed by atoms with van der Waals surface area (Å²) in [5.74, 6) is 1.91. The monoisotopic (exact) mass is 663 g/mol. The first-order valence-electron chi connectivity index (χ1n) is 17.6. The Balaban J connectivity index is 1.23. The fraction of sp³-hybridized carbons (Fsp3) is 0.0208. The second kappa shape index (κ2) is 11.0. The first-order chi connectivity index (χ1) is 25.8. The third-order valence-corrected chi connectivity index (χ3v) is 10.8. The van der Waals surface area contributed by atoms with Gasteiger partial charge in [0.05, 0.1) is 5.41 Å². The Morgan fingerprint density at radius 3 is 1.75 bits per heavy atom. The van der Waals surface area contributed by atoms with Crippen LogP contribution < -0.4 is 0 Å². The van der Waals surface area contributed by atoms with Crippen molar-refractivity contribution in [3.8, 4) is 45.3 Å². The van der Waals surface area contributed by atoms with Crippen LogP contribution in [0.3, 0.4) is 0 Å². The van der Waals surface area contributed by atoms with Crippen molar-refractivity contribution in [3.05, 3.63) is 197 Å². The van der Waals surface area contributed by atoms with Crippen LogP contribution in [0.25, 0.3) is 79.4 Å². The molecule has 0 aliphatic heterocycles. The van der Waals surface area contributed by atoms with E-state index in [4.69, 9.17) is 19.4 Å². The molecule has 4 heteroatoms. The van der Waals surface area contributed by atoms with Gasteiger partial charge in [0.2, 0.25) is 0 Å². The van der Waals surface area contributed by atoms with E-state index in [2.05, 4.69) is 109 Å². The van der Waals surface area contributed by atoms with E-state index in [0.717, 1.165) is 49.8 Å². The molecule has 242 valence electrons. The fourth-order valence-electron chi connectivity index (χ4n) is 8.53. The zero-order valence-electron chi connectivity index (χ0n) is 28.0. The van der Waals surface area contributed by atoms with Crippen LogP contribution in [0.5, 0.6) is 0 Å². The summed E-state index contributed by atoms with van der Waals surface area (Å²) < 4.78 is 6.75. The molecule has 0 fully saturated rings. The van der Waals surface area contributed by atoms with Gasteiger partial charge in [-0.05, 0) is 51.1 Å². The highest BCUT2D eigenvalue weighted by Crippen LogP contribution is 2.60. The van der Waals surface area contributed by atoms with Crippen LogP contribution in [0.2, 0.25) is 0 Å². The third kappa shape index (κ3) is 4.06. The molecular formula is C48H29N3O. The van der Waals surface area contributed by atoms with Gasteiger partial charge in [0.15, 0.2) is 17.5 Å². The molecule has 4 nitrogen and oxygen atoms in total. The van der Waals surface area contributed by atoms with Crippen molar-refractivity contribution in [2.45, 2.75) is 5.41 Å². The van der Waals surface area contributed by atoms with E-state index in [-0.39, 0.29) is 0 Å². The number of para-hydroxylation sites is 1. The maximum atomic E-state index is 6.75. The normalized spacial score (nSPS) is 15.3. The van der Waals surface area contributed by atoms with Crippen LogP contribution in [0, 0.1) is 0 Å². The summed E-state index contributed by atoms with van der Waals surface area (Å²) in [4.78, 5) is 15.2. The number of nitrogens with zero attached hydrogens (tertiary/aromatic N) is 3. The molecule has 52 heavy (non-hydrogen) atoms. The topological polar surface area (TPSA) is 51.8 Å². The minimum absolute atomic E-state index is 0.631. The lowest BCUT2D eigenvalue weighted by Crippen LogP contribution is -2.30. The van der Waals surface area contributed by atoms with Gasteiger partial charge in [-0.25, -0.2) is 15.0 Å². The van der Waals surface area contributed by atoms with Gasteiger partial charge >= 0.3 is 0 Å². The van der Waals surface area contributed by atoms with Gasteiger partial charge in [-0.1, -0.05) is 164 Å². The molecule has 1 atom stereocenters. The lowest BCUT2D eigenvalue weighted by molar-refractivity contribution is 0.669. The minimum atomic E-state index is -0.637. The summed E-state index contributed by atoms with van der Waals surface area (Å²) in [7, 11) is 0. The van der Waals surface area contributed by atoms with Gasteiger partial charge in [-0.15, -0.1) is 0 Å². The zero-order valence-corrected chi connectivity index (χ0v) is 28.0. The zero-order chi connectivity index (χ0) is 34.2. The van der Waals surface area contributed by atoms with Gasteiger partial charge in [0.1, 0.15) is 11.2 Å². The number of fused-ring (bicyclic) bond motifs is 13. The fourth-order valence-corrected chi connectivity index (χ4v) is 8.53. The molecule has 9 aromatic rings. The molecule has 0 N–H and O–H groups in total. The number of benzene rings is 7. The highest BCUT2D eigenvalue weighted by atomic mass is 16.3. The van der Waals surface area contributed by atoms with Crippen LogP contribution >= 0.6 is 0 Å². The molecule has 0 radical (unpaired) electrons. The lowest BCUT2D eigenvalue weighted by atomic mass is 9.65. The maximum Gasteiger partial charge on any atom is 0.164 e. The van der Waals surface area contributed by atoms with Gasteiger partial charge in [-0.3, -0.25) is 0 Å². The van der Waals surface area contributed by atoms with E-state index in [9.17, 15) is 0 Å². The Hall–Kier alpha value is -6.91. The average molecular weight is 664 g/mol. The second-order valence-electron chi connectivity index (χ2n) is 13.5. The standard InChI is InChI=1S/C48H29N3O/c1-3-14-32(15-4-1)45-49-46(33-16-5-2-6-17-33)51-47(50-45)34-26-25-31-24-23-30-13-7-10-20-38(30)48(41(31)29-34)39-21-11-8-19-37(39)43-40(48)28-27-36-35-18-9-12-22-42(35)52-44(36)43/h1-29H. The molecule has 0 saturated carbocycles. The molecule has 11 rings (SSSR count). The molecule has 0 bridgehead atoms. The number of furan rings is 1. The highest BCUT2D eigenvalue weighted by molar-refractivity contribution is 6.12. The van der Waals surface area contributed by atoms with Gasteiger partial charge in [0.25, 0.3) is 0 Å². The van der Waals surface area contributed by atoms with Crippen LogP contribution in [-0.2, 0) is 5.41 Å². The van der Waals surface area contributed by atoms with E-state index in [0.29, 0.717) is 17.5 Å². The predicted octanol–water partition coefficient (Wildman–Crippen LogP) is 11.6. The Morgan fingerprint density at radius 1 is 0.404 bits per heavy atom. The number of rotatable bonds is 3. The average Bonchev–Trinajstić information content (AvgIpc) is 3.69. The molecule has 2 aliphatic rings. The summed E-state index contributed by atoms with van der Waals surface area (Å²) in [5.41, 5.74) is 13.5. The second-order valence-corrected chi connectivity index (χ2v) is 13.5. The summed E-state index contributed by atoms with van der Waals surface area (Å²) in [5, 5.41) is 2.25. The van der Waals surface area contributed by atoms with E-state index in [1.54, 1.807) is 0 Å². The number of hydrogen-bond donors (Lipinski definition) is 0. The van der Waals surface area contributed by atoms with E-state index in [1.807, 2.05) is 66.7 Å². The summed E-state index contributed by atoms with van der Waals surface area (Å²) >= 11 is 0. The predicted molar refractivity (Wildman–Crippen MR) is 210 cm³/mol. The van der Waals surface area contributed by atoms with Crippen LogP contribution in [-0.4, -0.2) is 15.0 Å². The molecule has 2 aromatic heterocycles. The van der Waals surface area contributed by atoms with Gasteiger partial charge < -0.3 is 4.42 Å². The Morgan fingerprint density at radius 2 is 1.00 bits per heavy atom. The molecule has 1 spiro atoms. The summed E-state index contributed by atoms with van der Waals surface area (Å²) in [6.07, 6.45) is 4.51. The molecular weight excluding hydrogens is 635 g/mol. The van der Waals surface area contributed by atoms with E-state index < -0.39 is 5.41 Å². The van der Waals surface area contributed by atoms with Crippen LogP contribution in [0.1, 0.15) is 33.4 Å². The molecule has 2 heterocycles. The number of aromatic nitrogens is 3. The smallest absolute Gasteiger partial charge is 0.164 e. The largest absolute Gasteiger partial charge is 0.455 e. The van der Waals surface area contributed by atoms with Crippen molar-refractivity contribution in [1.82, 2.24) is 15.0 Å². The van der Waals surface area contributed by atoms with Crippen molar-refractivity contribution in [1.29, 1.82) is 0 Å².